The minimum atomic E-state index is -0.587. The van der Waals surface area contributed by atoms with Gasteiger partial charge in [-0.15, -0.1) is 0 Å². The summed E-state index contributed by atoms with van der Waals surface area (Å²) in [7, 11) is 0. The summed E-state index contributed by atoms with van der Waals surface area (Å²) in [5.74, 6) is -0.645. The Bertz CT molecular complexity index is 1080. The number of hydrazone groups is 1. The van der Waals surface area contributed by atoms with E-state index >= 15 is 0 Å². The van der Waals surface area contributed by atoms with Crippen molar-refractivity contribution in [1.29, 1.82) is 0 Å². The molecule has 5 nitrogen and oxygen atoms in total. The molecule has 1 amide bonds. The molecule has 0 aliphatic heterocycles. The van der Waals surface area contributed by atoms with Crippen molar-refractivity contribution in [3.8, 4) is 5.75 Å². The van der Waals surface area contributed by atoms with E-state index in [0.29, 0.717) is 16.1 Å². The fourth-order valence-electron chi connectivity index (χ4n) is 2.42. The van der Waals surface area contributed by atoms with E-state index in [9.17, 15) is 9.59 Å². The van der Waals surface area contributed by atoms with E-state index in [4.69, 9.17) is 16.3 Å². The Morgan fingerprint density at radius 2 is 1.79 bits per heavy atom. The Morgan fingerprint density at radius 1 is 1.07 bits per heavy atom. The zero-order chi connectivity index (χ0) is 20.8. The van der Waals surface area contributed by atoms with Gasteiger partial charge in [-0.25, -0.2) is 10.2 Å². The molecule has 0 radical (unpaired) electrons. The molecule has 0 aromatic heterocycles. The molecule has 0 heterocycles. The van der Waals surface area contributed by atoms with Crippen LogP contribution in [0.1, 0.15) is 31.8 Å². The number of esters is 1. The second kappa shape index (κ2) is 9.49. The van der Waals surface area contributed by atoms with Gasteiger partial charge in [0, 0.05) is 15.6 Å². The van der Waals surface area contributed by atoms with Crippen LogP contribution < -0.4 is 10.2 Å². The van der Waals surface area contributed by atoms with Crippen LogP contribution in [0.4, 0.5) is 0 Å². The molecule has 3 aromatic carbocycles. The molecule has 0 spiro atoms. The molecule has 0 bridgehead atoms. The van der Waals surface area contributed by atoms with Crippen molar-refractivity contribution in [2.75, 3.05) is 0 Å². The van der Waals surface area contributed by atoms with Gasteiger partial charge in [-0.1, -0.05) is 57.4 Å². The van der Waals surface area contributed by atoms with Crippen LogP contribution in [0, 0.1) is 6.92 Å². The monoisotopic (exact) mass is 470 g/mol. The van der Waals surface area contributed by atoms with Crippen molar-refractivity contribution in [2.45, 2.75) is 6.92 Å². The van der Waals surface area contributed by atoms with Gasteiger partial charge in [0.25, 0.3) is 5.91 Å². The molecule has 0 aliphatic carbocycles. The van der Waals surface area contributed by atoms with Crippen LogP contribution >= 0.6 is 27.5 Å². The molecular weight excluding hydrogens is 456 g/mol. The molecule has 0 saturated carbocycles. The highest BCUT2D eigenvalue weighted by Gasteiger charge is 2.14. The summed E-state index contributed by atoms with van der Waals surface area (Å²) in [6.07, 6.45) is 1.41. The number of nitrogens with zero attached hydrogens (tertiary/aromatic N) is 1. The molecule has 0 fully saturated rings. The van der Waals surface area contributed by atoms with Gasteiger partial charge in [0.15, 0.2) is 0 Å². The first kappa shape index (κ1) is 20.8. The molecule has 0 saturated heterocycles. The third kappa shape index (κ3) is 5.53. The van der Waals surface area contributed by atoms with Crippen molar-refractivity contribution >= 4 is 45.6 Å². The summed E-state index contributed by atoms with van der Waals surface area (Å²) in [5, 5.41) is 4.28. The zero-order valence-corrected chi connectivity index (χ0v) is 17.7. The first-order valence-corrected chi connectivity index (χ1v) is 9.77. The first-order chi connectivity index (χ1) is 13.9. The average Bonchev–Trinajstić information content (AvgIpc) is 2.70. The maximum absolute atomic E-state index is 12.4. The molecule has 146 valence electrons. The average molecular weight is 472 g/mol. The maximum atomic E-state index is 12.4. The summed E-state index contributed by atoms with van der Waals surface area (Å²) < 4.78 is 6.24. The lowest BCUT2D eigenvalue weighted by atomic mass is 10.1. The van der Waals surface area contributed by atoms with Gasteiger partial charge in [0.2, 0.25) is 0 Å². The fourth-order valence-corrected chi connectivity index (χ4v) is 3.02. The summed E-state index contributed by atoms with van der Waals surface area (Å²) in [4.78, 5) is 24.6. The number of nitrogens with one attached hydrogen (secondary N) is 1. The lowest BCUT2D eigenvalue weighted by Crippen LogP contribution is -2.17. The highest BCUT2D eigenvalue weighted by Crippen LogP contribution is 2.24. The number of benzene rings is 3. The smallest absolute Gasteiger partial charge is 0.345 e. The van der Waals surface area contributed by atoms with Crippen LogP contribution in [0.3, 0.4) is 0 Å². The van der Waals surface area contributed by atoms with Crippen LogP contribution in [0.15, 0.2) is 76.3 Å². The SMILES string of the molecule is Cc1ccc(C(=O)N/N=C\c2cc(Br)ccc2OC(=O)c2ccccc2Cl)cc1. The number of aryl methyl sites for hydroxylation is 1. The van der Waals surface area contributed by atoms with E-state index in [0.717, 1.165) is 10.0 Å². The van der Waals surface area contributed by atoms with Gasteiger partial charge in [-0.2, -0.15) is 5.10 Å². The van der Waals surface area contributed by atoms with Gasteiger partial charge in [0.05, 0.1) is 16.8 Å². The minimum absolute atomic E-state index is 0.257. The highest BCUT2D eigenvalue weighted by molar-refractivity contribution is 9.10. The predicted octanol–water partition coefficient (Wildman–Crippen LogP) is 5.39. The van der Waals surface area contributed by atoms with Crippen molar-refractivity contribution in [2.24, 2.45) is 5.10 Å². The van der Waals surface area contributed by atoms with Crippen LogP contribution in [-0.2, 0) is 0 Å². The molecule has 1 N–H and O–H groups in total. The minimum Gasteiger partial charge on any atom is -0.422 e. The Kier molecular flexibility index (Phi) is 6.80. The number of hydrogen-bond acceptors (Lipinski definition) is 4. The second-order valence-electron chi connectivity index (χ2n) is 6.12. The lowest BCUT2D eigenvalue weighted by Gasteiger charge is -2.09. The van der Waals surface area contributed by atoms with E-state index in [1.165, 1.54) is 6.21 Å². The Balaban J connectivity index is 1.75. The summed E-state index contributed by atoms with van der Waals surface area (Å²) in [5.41, 5.74) is 4.77. The normalized spacial score (nSPS) is 10.7. The van der Waals surface area contributed by atoms with Crippen molar-refractivity contribution < 1.29 is 14.3 Å². The fraction of sp³-hybridized carbons (Fsp3) is 0.0455. The third-order valence-corrected chi connectivity index (χ3v) is 4.77. The Labute approximate surface area is 181 Å². The molecule has 29 heavy (non-hydrogen) atoms. The molecule has 3 rings (SSSR count). The summed E-state index contributed by atoms with van der Waals surface area (Å²) >= 11 is 9.43. The second-order valence-corrected chi connectivity index (χ2v) is 7.44. The van der Waals surface area contributed by atoms with Crippen LogP contribution in [-0.4, -0.2) is 18.1 Å². The number of amides is 1. The first-order valence-electron chi connectivity index (χ1n) is 8.60. The lowest BCUT2D eigenvalue weighted by molar-refractivity contribution is 0.0734. The number of carbonyl (C=O) groups is 2. The third-order valence-electron chi connectivity index (χ3n) is 3.95. The Hall–Kier alpha value is -2.96. The molecule has 0 unspecified atom stereocenters. The van der Waals surface area contributed by atoms with Gasteiger partial charge in [0.1, 0.15) is 5.75 Å². The van der Waals surface area contributed by atoms with Gasteiger partial charge in [-0.05, 0) is 49.4 Å². The van der Waals surface area contributed by atoms with Crippen molar-refractivity contribution in [1.82, 2.24) is 5.43 Å². The number of rotatable bonds is 5. The molecule has 7 heteroatoms. The quantitative estimate of drug-likeness (QED) is 0.235. The van der Waals surface area contributed by atoms with E-state index in [-0.39, 0.29) is 17.2 Å². The Morgan fingerprint density at radius 3 is 2.52 bits per heavy atom. The van der Waals surface area contributed by atoms with Gasteiger partial charge < -0.3 is 4.74 Å². The number of ether oxygens (including phenoxy) is 1. The molecule has 3 aromatic rings. The molecule has 0 aliphatic rings. The topological polar surface area (TPSA) is 67.8 Å². The highest BCUT2D eigenvalue weighted by atomic mass is 79.9. The van der Waals surface area contributed by atoms with Crippen LogP contribution in [0.2, 0.25) is 5.02 Å². The van der Waals surface area contributed by atoms with E-state index < -0.39 is 5.97 Å². The molecular formula is C22H16BrClN2O3. The predicted molar refractivity (Wildman–Crippen MR) is 117 cm³/mol. The van der Waals surface area contributed by atoms with Gasteiger partial charge in [-0.3, -0.25) is 4.79 Å². The largest absolute Gasteiger partial charge is 0.422 e. The number of carbonyl (C=O) groups excluding carboxylic acids is 2. The molecule has 0 atom stereocenters. The maximum Gasteiger partial charge on any atom is 0.345 e. The van der Waals surface area contributed by atoms with Crippen molar-refractivity contribution in [3.05, 3.63) is 98.5 Å². The zero-order valence-electron chi connectivity index (χ0n) is 15.4. The number of hydrogen-bond donors (Lipinski definition) is 1. The van der Waals surface area contributed by atoms with Crippen LogP contribution in [0.5, 0.6) is 5.75 Å². The van der Waals surface area contributed by atoms with Crippen molar-refractivity contribution in [3.63, 3.8) is 0 Å². The summed E-state index contributed by atoms with van der Waals surface area (Å²) in [6.45, 7) is 1.94. The van der Waals surface area contributed by atoms with E-state index in [1.807, 2.05) is 19.1 Å². The van der Waals surface area contributed by atoms with E-state index in [2.05, 4.69) is 26.5 Å². The van der Waals surface area contributed by atoms with Gasteiger partial charge >= 0.3 is 5.97 Å². The standard InChI is InChI=1S/C22H16BrClN2O3/c1-14-6-8-15(9-7-14)21(27)26-25-13-16-12-17(23)10-11-20(16)29-22(28)18-4-2-3-5-19(18)24/h2-13H,1H3,(H,26,27)/b25-13-. The van der Waals surface area contributed by atoms with Crippen LogP contribution in [0.25, 0.3) is 0 Å². The van der Waals surface area contributed by atoms with E-state index in [1.54, 1.807) is 54.6 Å². The number of halogens is 2. The summed E-state index contributed by atoms with van der Waals surface area (Å²) in [6, 6.07) is 18.8.